The molecule has 7 nitrogen and oxygen atoms in total. The van der Waals surface area contributed by atoms with Gasteiger partial charge in [0.2, 0.25) is 10.0 Å². The Hall–Kier alpha value is -2.23. The summed E-state index contributed by atoms with van der Waals surface area (Å²) in [5, 5.41) is 0.831. The Morgan fingerprint density at radius 2 is 1.78 bits per heavy atom. The molecule has 0 aliphatic carbocycles. The SMILES string of the molecule is CCN(CC)S(=O)(=O)c1ccc2c(c1)nc(SCc1cc(OC)ccc1OC)n2C(C)C. The van der Waals surface area contributed by atoms with Crippen molar-refractivity contribution >= 4 is 32.8 Å². The van der Waals surface area contributed by atoms with E-state index in [1.165, 1.54) is 4.31 Å². The van der Waals surface area contributed by atoms with E-state index in [9.17, 15) is 8.42 Å². The summed E-state index contributed by atoms with van der Waals surface area (Å²) in [5.41, 5.74) is 2.59. The summed E-state index contributed by atoms with van der Waals surface area (Å²) in [7, 11) is -0.252. The van der Waals surface area contributed by atoms with Crippen LogP contribution in [0, 0.1) is 0 Å². The molecule has 0 fully saturated rings. The van der Waals surface area contributed by atoms with Crippen molar-refractivity contribution in [2.24, 2.45) is 0 Å². The van der Waals surface area contributed by atoms with Crippen molar-refractivity contribution in [3.8, 4) is 11.5 Å². The fraction of sp³-hybridized carbons (Fsp3) is 0.435. The number of methoxy groups -OCH3 is 2. The summed E-state index contributed by atoms with van der Waals surface area (Å²) in [6.07, 6.45) is 0. The molecule has 32 heavy (non-hydrogen) atoms. The van der Waals surface area contributed by atoms with E-state index in [-0.39, 0.29) is 10.9 Å². The Bertz CT molecular complexity index is 1190. The van der Waals surface area contributed by atoms with Gasteiger partial charge in [-0.1, -0.05) is 25.6 Å². The number of rotatable bonds is 10. The van der Waals surface area contributed by atoms with E-state index >= 15 is 0 Å². The molecule has 0 N–H and O–H groups in total. The topological polar surface area (TPSA) is 73.7 Å². The van der Waals surface area contributed by atoms with E-state index in [4.69, 9.17) is 14.5 Å². The second kappa shape index (κ2) is 10.1. The number of hydrogen-bond acceptors (Lipinski definition) is 6. The summed E-state index contributed by atoms with van der Waals surface area (Å²) in [6.45, 7) is 8.74. The van der Waals surface area contributed by atoms with Crippen LogP contribution in [0.1, 0.15) is 39.3 Å². The molecule has 3 aromatic rings. The zero-order chi connectivity index (χ0) is 23.5. The van der Waals surface area contributed by atoms with E-state index < -0.39 is 10.0 Å². The Kier molecular flexibility index (Phi) is 7.74. The van der Waals surface area contributed by atoms with Crippen LogP contribution in [0.3, 0.4) is 0 Å². The molecule has 0 radical (unpaired) electrons. The van der Waals surface area contributed by atoms with Crippen molar-refractivity contribution in [2.75, 3.05) is 27.3 Å². The number of ether oxygens (including phenoxy) is 2. The van der Waals surface area contributed by atoms with Crippen molar-refractivity contribution in [3.05, 3.63) is 42.0 Å². The summed E-state index contributed by atoms with van der Waals surface area (Å²) in [6, 6.07) is 11.1. The Morgan fingerprint density at radius 1 is 1.06 bits per heavy atom. The maximum Gasteiger partial charge on any atom is 0.243 e. The van der Waals surface area contributed by atoms with Crippen LogP contribution >= 0.6 is 11.8 Å². The standard InChI is InChI=1S/C23H31N3O4S2/c1-7-25(8-2)32(27,28)19-10-11-21-20(14-19)24-23(26(21)16(3)4)31-15-17-13-18(29-5)9-12-22(17)30-6/h9-14,16H,7-8,15H2,1-6H3. The minimum Gasteiger partial charge on any atom is -0.497 e. The third kappa shape index (κ3) is 4.74. The van der Waals surface area contributed by atoms with E-state index in [2.05, 4.69) is 18.4 Å². The molecule has 0 saturated heterocycles. The lowest BCUT2D eigenvalue weighted by molar-refractivity contribution is 0.400. The van der Waals surface area contributed by atoms with Gasteiger partial charge >= 0.3 is 0 Å². The summed E-state index contributed by atoms with van der Waals surface area (Å²) in [4.78, 5) is 5.07. The van der Waals surface area contributed by atoms with Crippen molar-refractivity contribution in [2.45, 2.75) is 49.5 Å². The average molecular weight is 478 g/mol. The predicted molar refractivity (Wildman–Crippen MR) is 129 cm³/mol. The van der Waals surface area contributed by atoms with Crippen LogP contribution in [0.15, 0.2) is 46.5 Å². The fourth-order valence-corrected chi connectivity index (χ4v) is 6.27. The number of nitrogens with zero attached hydrogens (tertiary/aromatic N) is 3. The van der Waals surface area contributed by atoms with Crippen LogP contribution in [0.4, 0.5) is 0 Å². The Morgan fingerprint density at radius 3 is 2.38 bits per heavy atom. The molecule has 0 aliphatic rings. The first-order valence-electron chi connectivity index (χ1n) is 10.6. The minimum atomic E-state index is -3.54. The second-order valence-electron chi connectivity index (χ2n) is 7.56. The number of thioether (sulfide) groups is 1. The molecule has 3 rings (SSSR count). The molecule has 0 amide bonds. The van der Waals surface area contributed by atoms with Gasteiger partial charge in [-0.15, -0.1) is 0 Å². The quantitative estimate of drug-likeness (QED) is 0.384. The molecule has 0 spiro atoms. The normalized spacial score (nSPS) is 12.1. The number of imidazole rings is 1. The van der Waals surface area contributed by atoms with Gasteiger partial charge in [-0.25, -0.2) is 13.4 Å². The molecule has 0 aliphatic heterocycles. The molecule has 1 aromatic heterocycles. The predicted octanol–water partition coefficient (Wildman–Crippen LogP) is 4.96. The van der Waals surface area contributed by atoms with Crippen molar-refractivity contribution in [3.63, 3.8) is 0 Å². The summed E-state index contributed by atoms with van der Waals surface area (Å²) >= 11 is 1.59. The third-order valence-electron chi connectivity index (χ3n) is 5.33. The van der Waals surface area contributed by atoms with Crippen LogP contribution in [0.5, 0.6) is 11.5 Å². The number of benzene rings is 2. The monoisotopic (exact) mass is 477 g/mol. The van der Waals surface area contributed by atoms with Crippen LogP contribution in [-0.4, -0.2) is 49.6 Å². The van der Waals surface area contributed by atoms with Gasteiger partial charge < -0.3 is 14.0 Å². The maximum atomic E-state index is 13.0. The number of sulfonamides is 1. The molecule has 0 atom stereocenters. The molecule has 2 aromatic carbocycles. The number of aromatic nitrogens is 2. The van der Waals surface area contributed by atoms with Crippen molar-refractivity contribution < 1.29 is 17.9 Å². The van der Waals surface area contributed by atoms with Gasteiger partial charge in [0.1, 0.15) is 11.5 Å². The zero-order valence-corrected chi connectivity index (χ0v) is 21.1. The van der Waals surface area contributed by atoms with Crippen LogP contribution in [0.25, 0.3) is 11.0 Å². The molecule has 9 heteroatoms. The highest BCUT2D eigenvalue weighted by Crippen LogP contribution is 2.34. The van der Waals surface area contributed by atoms with Crippen molar-refractivity contribution in [1.82, 2.24) is 13.9 Å². The molecular weight excluding hydrogens is 446 g/mol. The smallest absolute Gasteiger partial charge is 0.243 e. The van der Waals surface area contributed by atoms with Crippen LogP contribution in [0.2, 0.25) is 0 Å². The molecule has 0 saturated carbocycles. The molecule has 1 heterocycles. The van der Waals surface area contributed by atoms with Gasteiger partial charge in [0, 0.05) is 30.4 Å². The highest BCUT2D eigenvalue weighted by molar-refractivity contribution is 7.98. The maximum absolute atomic E-state index is 13.0. The lowest BCUT2D eigenvalue weighted by Crippen LogP contribution is -2.30. The number of fused-ring (bicyclic) bond motifs is 1. The van der Waals surface area contributed by atoms with E-state index in [0.29, 0.717) is 24.4 Å². The summed E-state index contributed by atoms with van der Waals surface area (Å²) < 4.78 is 40.4. The highest BCUT2D eigenvalue weighted by Gasteiger charge is 2.23. The van der Waals surface area contributed by atoms with Crippen LogP contribution < -0.4 is 9.47 Å². The van der Waals surface area contributed by atoms with Crippen LogP contribution in [-0.2, 0) is 15.8 Å². The lowest BCUT2D eigenvalue weighted by atomic mass is 10.2. The minimum absolute atomic E-state index is 0.167. The van der Waals surface area contributed by atoms with Gasteiger partial charge in [-0.3, -0.25) is 0 Å². The Labute approximate surface area is 194 Å². The Balaban J connectivity index is 2.00. The first-order valence-corrected chi connectivity index (χ1v) is 13.0. The van der Waals surface area contributed by atoms with Gasteiger partial charge in [0.25, 0.3) is 0 Å². The molecular formula is C23H31N3O4S2. The fourth-order valence-electron chi connectivity index (χ4n) is 3.67. The molecule has 0 bridgehead atoms. The van der Waals surface area contributed by atoms with E-state index in [1.807, 2.05) is 38.1 Å². The van der Waals surface area contributed by atoms with Gasteiger partial charge in [-0.2, -0.15) is 4.31 Å². The summed E-state index contributed by atoms with van der Waals surface area (Å²) in [5.74, 6) is 2.20. The highest BCUT2D eigenvalue weighted by atomic mass is 32.2. The molecule has 0 unspecified atom stereocenters. The first-order chi connectivity index (χ1) is 15.3. The van der Waals surface area contributed by atoms with Crippen molar-refractivity contribution in [1.29, 1.82) is 0 Å². The van der Waals surface area contributed by atoms with Gasteiger partial charge in [0.15, 0.2) is 5.16 Å². The first kappa shape index (κ1) is 24.4. The lowest BCUT2D eigenvalue weighted by Gasteiger charge is -2.18. The second-order valence-corrected chi connectivity index (χ2v) is 10.4. The van der Waals surface area contributed by atoms with E-state index in [1.54, 1.807) is 38.1 Å². The zero-order valence-electron chi connectivity index (χ0n) is 19.5. The van der Waals surface area contributed by atoms with Gasteiger partial charge in [-0.05, 0) is 50.2 Å². The average Bonchev–Trinajstić information content (AvgIpc) is 3.15. The number of hydrogen-bond donors (Lipinski definition) is 0. The van der Waals surface area contributed by atoms with Gasteiger partial charge in [0.05, 0.1) is 30.1 Å². The third-order valence-corrected chi connectivity index (χ3v) is 8.38. The largest absolute Gasteiger partial charge is 0.497 e. The molecule has 174 valence electrons. The van der Waals surface area contributed by atoms with E-state index in [0.717, 1.165) is 27.7 Å².